The van der Waals surface area contributed by atoms with Crippen molar-refractivity contribution in [1.29, 1.82) is 0 Å². The van der Waals surface area contributed by atoms with Crippen LogP contribution in [0, 0.1) is 17.6 Å². The first-order chi connectivity index (χ1) is 21.6. The van der Waals surface area contributed by atoms with Crippen molar-refractivity contribution in [3.63, 3.8) is 0 Å². The second-order valence-electron chi connectivity index (χ2n) is 11.1. The van der Waals surface area contributed by atoms with Crippen LogP contribution in [0.1, 0.15) is 43.6 Å². The number of cyclic esters (lactones) is 1. The molecule has 0 aliphatic carbocycles. The standard InChI is InChI=1S/C30H35F2N7O6/c1-4-18(2)25(35-27(41)23-17-38-9-5-8-33-29(38)34-23)28(42)37-12-10-36(11-13-37)26-21(31)14-19(15-22(26)32)39-16-20(45-30(39)43)6-7-24(40)44-3/h5,8-9,14-15,17-18,20,25H,4,6-7,10-13,16H2,1-3H3,(H,35,41)/t18?,20-,25-/m0/s1. The maximum absolute atomic E-state index is 15.3. The van der Waals surface area contributed by atoms with E-state index in [0.29, 0.717) is 12.2 Å². The summed E-state index contributed by atoms with van der Waals surface area (Å²) in [5.74, 6) is -2.78. The molecule has 5 rings (SSSR count). The second-order valence-corrected chi connectivity index (χ2v) is 11.1. The van der Waals surface area contributed by atoms with Gasteiger partial charge in [0.25, 0.3) is 5.91 Å². The number of piperazine rings is 1. The van der Waals surface area contributed by atoms with Gasteiger partial charge in [-0.25, -0.2) is 23.5 Å². The van der Waals surface area contributed by atoms with Crippen LogP contribution in [0.25, 0.3) is 5.78 Å². The fourth-order valence-corrected chi connectivity index (χ4v) is 5.46. The molecule has 1 unspecified atom stereocenters. The van der Waals surface area contributed by atoms with E-state index in [9.17, 15) is 19.2 Å². The van der Waals surface area contributed by atoms with E-state index in [2.05, 4.69) is 20.0 Å². The van der Waals surface area contributed by atoms with E-state index in [1.165, 1.54) is 12.0 Å². The number of esters is 1. The first-order valence-electron chi connectivity index (χ1n) is 14.8. The van der Waals surface area contributed by atoms with Crippen LogP contribution in [-0.4, -0.2) is 95.1 Å². The van der Waals surface area contributed by atoms with E-state index in [-0.39, 0.29) is 74.5 Å². The average Bonchev–Trinajstić information content (AvgIpc) is 3.65. The lowest BCUT2D eigenvalue weighted by atomic mass is 9.97. The highest BCUT2D eigenvalue weighted by Crippen LogP contribution is 2.32. The Morgan fingerprint density at radius 1 is 1.16 bits per heavy atom. The molecule has 3 amide bonds. The molecule has 0 bridgehead atoms. The SMILES string of the molecule is CCC(C)[C@H](NC(=O)c1cn2cccnc2n1)C(=O)N1CCN(c2c(F)cc(N3C[C@H](CCC(=O)OC)OC3=O)cc2F)CC1. The summed E-state index contributed by atoms with van der Waals surface area (Å²) in [6.45, 7) is 4.50. The number of fused-ring (bicyclic) bond motifs is 1. The maximum atomic E-state index is 15.3. The van der Waals surface area contributed by atoms with E-state index < -0.39 is 41.7 Å². The van der Waals surface area contributed by atoms with Crippen LogP contribution in [0.5, 0.6) is 0 Å². The minimum Gasteiger partial charge on any atom is -0.469 e. The number of ether oxygens (including phenoxy) is 2. The van der Waals surface area contributed by atoms with Gasteiger partial charge in [0, 0.05) is 63.3 Å². The summed E-state index contributed by atoms with van der Waals surface area (Å²) in [7, 11) is 1.26. The lowest BCUT2D eigenvalue weighted by Gasteiger charge is -2.38. The molecule has 0 spiro atoms. The third-order valence-electron chi connectivity index (χ3n) is 8.23. The van der Waals surface area contributed by atoms with Gasteiger partial charge in [-0.05, 0) is 18.4 Å². The van der Waals surface area contributed by atoms with Gasteiger partial charge in [-0.15, -0.1) is 0 Å². The Morgan fingerprint density at radius 3 is 2.51 bits per heavy atom. The van der Waals surface area contributed by atoms with E-state index in [1.807, 2.05) is 13.8 Å². The third kappa shape index (κ3) is 6.81. The van der Waals surface area contributed by atoms with Crippen molar-refractivity contribution in [2.45, 2.75) is 45.3 Å². The van der Waals surface area contributed by atoms with Gasteiger partial charge in [-0.1, -0.05) is 20.3 Å². The molecular formula is C30H35F2N7O6. The Bertz CT molecular complexity index is 1540. The molecule has 2 aliphatic rings. The normalized spacial score (nSPS) is 18.1. The van der Waals surface area contributed by atoms with Gasteiger partial charge < -0.3 is 24.6 Å². The number of imidazole rings is 1. The lowest BCUT2D eigenvalue weighted by Crippen LogP contribution is -2.57. The largest absolute Gasteiger partial charge is 0.469 e. The molecule has 1 aromatic carbocycles. The van der Waals surface area contributed by atoms with Crippen LogP contribution in [-0.2, 0) is 19.1 Å². The summed E-state index contributed by atoms with van der Waals surface area (Å²) in [5.41, 5.74) is -0.123. The quantitative estimate of drug-likeness (QED) is 0.336. The number of carbonyl (C=O) groups is 4. The van der Waals surface area contributed by atoms with Crippen LogP contribution in [0.15, 0.2) is 36.8 Å². The van der Waals surface area contributed by atoms with Crippen LogP contribution >= 0.6 is 0 Å². The van der Waals surface area contributed by atoms with Crippen molar-refractivity contribution in [3.8, 4) is 0 Å². The van der Waals surface area contributed by atoms with Crippen molar-refractivity contribution >= 4 is 41.0 Å². The van der Waals surface area contributed by atoms with E-state index in [4.69, 9.17) is 4.74 Å². The number of hydrogen-bond acceptors (Lipinski definition) is 9. The summed E-state index contributed by atoms with van der Waals surface area (Å²) >= 11 is 0. The zero-order chi connectivity index (χ0) is 32.2. The number of aromatic nitrogens is 3. The topological polar surface area (TPSA) is 139 Å². The Balaban J connectivity index is 1.22. The highest BCUT2D eigenvalue weighted by molar-refractivity contribution is 5.96. The predicted molar refractivity (Wildman–Crippen MR) is 158 cm³/mol. The zero-order valence-corrected chi connectivity index (χ0v) is 25.2. The second kappa shape index (κ2) is 13.4. The van der Waals surface area contributed by atoms with Crippen molar-refractivity contribution in [1.82, 2.24) is 24.6 Å². The summed E-state index contributed by atoms with van der Waals surface area (Å²) in [6, 6.07) is 3.03. The van der Waals surface area contributed by atoms with Crippen molar-refractivity contribution in [2.24, 2.45) is 5.92 Å². The van der Waals surface area contributed by atoms with Gasteiger partial charge in [0.05, 0.1) is 19.3 Å². The van der Waals surface area contributed by atoms with E-state index >= 15 is 8.78 Å². The van der Waals surface area contributed by atoms with Crippen molar-refractivity contribution in [2.75, 3.05) is 49.6 Å². The number of methoxy groups -OCH3 is 1. The molecule has 4 heterocycles. The molecule has 0 radical (unpaired) electrons. The average molecular weight is 628 g/mol. The molecule has 13 nitrogen and oxygen atoms in total. The maximum Gasteiger partial charge on any atom is 0.414 e. The molecule has 2 aliphatic heterocycles. The predicted octanol–water partition coefficient (Wildman–Crippen LogP) is 2.78. The fraction of sp³-hybridized carbons (Fsp3) is 0.467. The molecule has 1 N–H and O–H groups in total. The van der Waals surface area contributed by atoms with Crippen LogP contribution in [0.4, 0.5) is 25.0 Å². The number of nitrogens with zero attached hydrogens (tertiary/aromatic N) is 6. The Morgan fingerprint density at radius 2 is 1.87 bits per heavy atom. The number of amides is 3. The molecule has 2 aromatic heterocycles. The van der Waals surface area contributed by atoms with Crippen molar-refractivity contribution in [3.05, 3.63) is 54.1 Å². The summed E-state index contributed by atoms with van der Waals surface area (Å²) in [6.07, 6.45) is 4.34. The fourth-order valence-electron chi connectivity index (χ4n) is 5.46. The van der Waals surface area contributed by atoms with E-state index in [0.717, 1.165) is 17.0 Å². The minimum absolute atomic E-state index is 0.00154. The van der Waals surface area contributed by atoms with Crippen molar-refractivity contribution < 1.29 is 37.4 Å². The first kappa shape index (κ1) is 31.6. The van der Waals surface area contributed by atoms with Gasteiger partial charge in [0.15, 0.2) is 11.6 Å². The molecule has 2 fully saturated rings. The highest BCUT2D eigenvalue weighted by Gasteiger charge is 2.36. The van der Waals surface area contributed by atoms with Gasteiger partial charge in [-0.3, -0.25) is 23.7 Å². The Hall–Kier alpha value is -4.82. The van der Waals surface area contributed by atoms with Gasteiger partial charge in [0.1, 0.15) is 23.5 Å². The summed E-state index contributed by atoms with van der Waals surface area (Å²) in [4.78, 5) is 63.0. The lowest BCUT2D eigenvalue weighted by molar-refractivity contribution is -0.141. The van der Waals surface area contributed by atoms with Crippen LogP contribution in [0.2, 0.25) is 0 Å². The smallest absolute Gasteiger partial charge is 0.414 e. The first-order valence-corrected chi connectivity index (χ1v) is 14.8. The molecule has 45 heavy (non-hydrogen) atoms. The molecule has 3 atom stereocenters. The van der Waals surface area contributed by atoms with Gasteiger partial charge in [-0.2, -0.15) is 0 Å². The Kier molecular flexibility index (Phi) is 9.44. The minimum atomic E-state index is -0.859. The molecule has 3 aromatic rings. The van der Waals surface area contributed by atoms with Gasteiger partial charge >= 0.3 is 12.1 Å². The number of rotatable bonds is 10. The molecule has 15 heteroatoms. The summed E-state index contributed by atoms with van der Waals surface area (Å²) < 4.78 is 42.1. The van der Waals surface area contributed by atoms with E-state index in [1.54, 1.807) is 34.0 Å². The molecular weight excluding hydrogens is 592 g/mol. The number of benzene rings is 1. The zero-order valence-electron chi connectivity index (χ0n) is 25.2. The highest BCUT2D eigenvalue weighted by atomic mass is 19.1. The van der Waals surface area contributed by atoms with Gasteiger partial charge in [0.2, 0.25) is 11.7 Å². The molecule has 2 saturated heterocycles. The third-order valence-corrected chi connectivity index (χ3v) is 8.23. The van der Waals surface area contributed by atoms with Crippen LogP contribution < -0.4 is 15.1 Å². The number of halogens is 2. The number of anilines is 2. The molecule has 0 saturated carbocycles. The molecule has 240 valence electrons. The Labute approximate surface area is 258 Å². The monoisotopic (exact) mass is 627 g/mol. The summed E-state index contributed by atoms with van der Waals surface area (Å²) in [5, 5.41) is 2.83. The number of carbonyl (C=O) groups excluding carboxylic acids is 4. The number of nitrogens with one attached hydrogen (secondary N) is 1. The van der Waals surface area contributed by atoms with Crippen LogP contribution in [0.3, 0.4) is 0 Å². The number of hydrogen-bond donors (Lipinski definition) is 1.